The van der Waals surface area contributed by atoms with Gasteiger partial charge in [0.25, 0.3) is 10.0 Å². The van der Waals surface area contributed by atoms with Gasteiger partial charge in [-0.25, -0.2) is 8.42 Å². The molecule has 1 aliphatic heterocycles. The van der Waals surface area contributed by atoms with Crippen LogP contribution in [-0.2, 0) is 19.6 Å². The molecule has 0 spiro atoms. The number of para-hydroxylation sites is 1. The Labute approximate surface area is 180 Å². The molecule has 0 saturated carbocycles. The molecule has 0 aliphatic carbocycles. The molecule has 0 fully saturated rings. The molecular formula is C22H23NO7S. The van der Waals surface area contributed by atoms with Gasteiger partial charge in [-0.05, 0) is 50.2 Å². The predicted octanol–water partition coefficient (Wildman–Crippen LogP) is 2.70. The molecular weight excluding hydrogens is 422 g/mol. The number of rotatable bonds is 6. The van der Waals surface area contributed by atoms with E-state index >= 15 is 0 Å². The number of fused-ring (bicyclic) bond motifs is 1. The zero-order chi connectivity index (χ0) is 22.8. The molecule has 0 saturated heterocycles. The monoisotopic (exact) mass is 445 g/mol. The lowest BCUT2D eigenvalue weighted by Gasteiger charge is -2.36. The van der Waals surface area contributed by atoms with E-state index in [9.17, 15) is 18.0 Å². The highest BCUT2D eigenvalue weighted by molar-refractivity contribution is 7.89. The van der Waals surface area contributed by atoms with E-state index in [0.717, 1.165) is 6.20 Å². The normalized spacial score (nSPS) is 17.5. The first-order valence-electron chi connectivity index (χ1n) is 9.37. The van der Waals surface area contributed by atoms with Crippen LogP contribution in [-0.4, -0.2) is 40.5 Å². The minimum Gasteiger partial charge on any atom is -0.497 e. The van der Waals surface area contributed by atoms with E-state index in [1.807, 2.05) is 0 Å². The molecule has 0 bridgehead atoms. The summed E-state index contributed by atoms with van der Waals surface area (Å²) < 4.78 is 43.7. The maximum absolute atomic E-state index is 13.2. The average Bonchev–Trinajstić information content (AvgIpc) is 2.77. The molecule has 1 N–H and O–H groups in total. The van der Waals surface area contributed by atoms with Gasteiger partial charge in [0.15, 0.2) is 5.78 Å². The second-order valence-corrected chi connectivity index (χ2v) is 9.15. The van der Waals surface area contributed by atoms with E-state index in [0.29, 0.717) is 11.5 Å². The Morgan fingerprint density at radius 3 is 2.35 bits per heavy atom. The van der Waals surface area contributed by atoms with Crippen molar-refractivity contribution in [3.05, 3.63) is 65.9 Å². The van der Waals surface area contributed by atoms with E-state index in [2.05, 4.69) is 4.72 Å². The number of hydrogen-bond donors (Lipinski definition) is 1. The van der Waals surface area contributed by atoms with Gasteiger partial charge in [0, 0.05) is 6.20 Å². The predicted molar refractivity (Wildman–Crippen MR) is 112 cm³/mol. The fourth-order valence-electron chi connectivity index (χ4n) is 3.23. The molecule has 164 valence electrons. The quantitative estimate of drug-likeness (QED) is 0.538. The minimum atomic E-state index is -3.99. The van der Waals surface area contributed by atoms with Crippen molar-refractivity contribution in [2.45, 2.75) is 24.8 Å². The van der Waals surface area contributed by atoms with Gasteiger partial charge in [-0.2, -0.15) is 0 Å². The molecule has 0 aromatic heterocycles. The lowest BCUT2D eigenvalue weighted by atomic mass is 9.78. The van der Waals surface area contributed by atoms with E-state index in [4.69, 9.17) is 14.2 Å². The van der Waals surface area contributed by atoms with Gasteiger partial charge in [0.05, 0.1) is 30.3 Å². The fraction of sp³-hybridized carbons (Fsp3) is 0.273. The first-order chi connectivity index (χ1) is 14.6. The van der Waals surface area contributed by atoms with Gasteiger partial charge < -0.3 is 14.2 Å². The summed E-state index contributed by atoms with van der Waals surface area (Å²) in [6.07, 6.45) is 0.00799. The molecule has 1 unspecified atom stereocenters. The maximum Gasteiger partial charge on any atom is 0.315 e. The van der Waals surface area contributed by atoms with Crippen LogP contribution in [0.15, 0.2) is 65.2 Å². The summed E-state index contributed by atoms with van der Waals surface area (Å²) in [7, 11) is -1.28. The Morgan fingerprint density at radius 1 is 1.10 bits per heavy atom. The molecule has 3 rings (SSSR count). The number of ether oxygens (including phenoxy) is 3. The van der Waals surface area contributed by atoms with Crippen LogP contribution in [0.3, 0.4) is 0 Å². The number of nitrogens with one attached hydrogen (secondary N) is 1. The van der Waals surface area contributed by atoms with E-state index < -0.39 is 33.3 Å². The summed E-state index contributed by atoms with van der Waals surface area (Å²) in [5, 5.41) is 0. The van der Waals surface area contributed by atoms with Gasteiger partial charge in [-0.1, -0.05) is 12.1 Å². The Kier molecular flexibility index (Phi) is 6.08. The van der Waals surface area contributed by atoms with Gasteiger partial charge in [-0.3, -0.25) is 14.3 Å². The van der Waals surface area contributed by atoms with E-state index in [1.165, 1.54) is 38.5 Å². The van der Waals surface area contributed by atoms with E-state index in [-0.39, 0.29) is 16.0 Å². The summed E-state index contributed by atoms with van der Waals surface area (Å²) in [6, 6.07) is 12.3. The van der Waals surface area contributed by atoms with Crippen LogP contribution in [0.2, 0.25) is 0 Å². The first-order valence-corrected chi connectivity index (χ1v) is 10.9. The minimum absolute atomic E-state index is 0.00816. The zero-order valence-corrected chi connectivity index (χ0v) is 18.4. The average molecular weight is 445 g/mol. The molecule has 31 heavy (non-hydrogen) atoms. The van der Waals surface area contributed by atoms with Gasteiger partial charge in [0.2, 0.25) is 0 Å². The van der Waals surface area contributed by atoms with Crippen molar-refractivity contribution in [1.29, 1.82) is 0 Å². The summed E-state index contributed by atoms with van der Waals surface area (Å²) in [5.74, 6) is -0.232. The molecule has 2 aromatic carbocycles. The Bertz CT molecular complexity index is 1130. The third kappa shape index (κ3) is 4.27. The van der Waals surface area contributed by atoms with Crippen molar-refractivity contribution in [3.63, 3.8) is 0 Å². The third-order valence-electron chi connectivity index (χ3n) is 5.03. The highest BCUT2D eigenvalue weighted by atomic mass is 32.2. The number of ketones is 1. The molecule has 0 radical (unpaired) electrons. The zero-order valence-electron chi connectivity index (χ0n) is 17.5. The van der Waals surface area contributed by atoms with Crippen LogP contribution >= 0.6 is 0 Å². The fourth-order valence-corrected chi connectivity index (χ4v) is 4.15. The van der Waals surface area contributed by atoms with E-state index in [1.54, 1.807) is 38.1 Å². The van der Waals surface area contributed by atoms with Crippen LogP contribution < -0.4 is 14.2 Å². The van der Waals surface area contributed by atoms with Crippen molar-refractivity contribution in [1.82, 2.24) is 4.72 Å². The van der Waals surface area contributed by atoms with Crippen LogP contribution in [0.4, 0.5) is 0 Å². The molecule has 2 aromatic rings. The van der Waals surface area contributed by atoms with Gasteiger partial charge >= 0.3 is 5.97 Å². The molecule has 0 amide bonds. The summed E-state index contributed by atoms with van der Waals surface area (Å²) in [6.45, 7) is 3.13. The molecule has 1 heterocycles. The molecule has 9 heteroatoms. The SMILES string of the molecule is COC(=O)C(C)(C)C1Oc2ccccc2C(=O)/C1=C\NS(=O)(=O)c1ccc(OC)cc1. The Hall–Kier alpha value is -3.33. The van der Waals surface area contributed by atoms with Crippen molar-refractivity contribution >= 4 is 21.8 Å². The number of carbonyl (C=O) groups is 2. The summed E-state index contributed by atoms with van der Waals surface area (Å²) >= 11 is 0. The summed E-state index contributed by atoms with van der Waals surface area (Å²) in [5.41, 5.74) is -1.00. The third-order valence-corrected chi connectivity index (χ3v) is 6.35. The lowest BCUT2D eigenvalue weighted by Crippen LogP contribution is -2.47. The number of benzene rings is 2. The molecule has 1 aliphatic rings. The van der Waals surface area contributed by atoms with Crippen LogP contribution in [0.25, 0.3) is 0 Å². The smallest absolute Gasteiger partial charge is 0.315 e. The first kappa shape index (κ1) is 22.4. The largest absolute Gasteiger partial charge is 0.497 e. The van der Waals surface area contributed by atoms with Crippen molar-refractivity contribution in [3.8, 4) is 11.5 Å². The summed E-state index contributed by atoms with van der Waals surface area (Å²) in [4.78, 5) is 25.5. The highest BCUT2D eigenvalue weighted by Gasteiger charge is 2.47. The van der Waals surface area contributed by atoms with Crippen molar-refractivity contribution < 1.29 is 32.2 Å². The number of esters is 1. The van der Waals surface area contributed by atoms with Crippen molar-refractivity contribution in [2.24, 2.45) is 5.41 Å². The van der Waals surface area contributed by atoms with Crippen LogP contribution in [0, 0.1) is 5.41 Å². The topological polar surface area (TPSA) is 108 Å². The van der Waals surface area contributed by atoms with Gasteiger partial charge in [0.1, 0.15) is 23.0 Å². The van der Waals surface area contributed by atoms with Crippen LogP contribution in [0.1, 0.15) is 24.2 Å². The number of methoxy groups -OCH3 is 2. The van der Waals surface area contributed by atoms with Crippen LogP contribution in [0.5, 0.6) is 11.5 Å². The second kappa shape index (κ2) is 8.43. The highest BCUT2D eigenvalue weighted by Crippen LogP contribution is 2.38. The lowest BCUT2D eigenvalue weighted by molar-refractivity contribution is -0.154. The number of hydrogen-bond acceptors (Lipinski definition) is 7. The molecule has 8 nitrogen and oxygen atoms in total. The maximum atomic E-state index is 13.2. The number of sulfonamides is 1. The molecule has 1 atom stereocenters. The van der Waals surface area contributed by atoms with Gasteiger partial charge in [-0.15, -0.1) is 0 Å². The Balaban J connectivity index is 2.02. The Morgan fingerprint density at radius 2 is 1.74 bits per heavy atom. The number of carbonyl (C=O) groups excluding carboxylic acids is 2. The standard InChI is InChI=1S/C22H23NO7S/c1-22(2,21(25)29-4)20-17(19(24)16-7-5-6-8-18(16)30-20)13-23-31(26,27)15-11-9-14(28-3)10-12-15/h5-13,20,23H,1-4H3/b17-13+. The number of Topliss-reactive ketones (excluding diaryl/α,β-unsaturated/α-hetero) is 1. The second-order valence-electron chi connectivity index (χ2n) is 7.43. The van der Waals surface area contributed by atoms with Crippen molar-refractivity contribution in [2.75, 3.05) is 14.2 Å².